The molecule has 5 heteroatoms. The standard InChI is InChI=1S/C13H16FN3O/c1-9-10(8-16-17(9)2)7-15-13-6-11(18-3)4-5-12(13)14/h4-6,8,15H,7H2,1-3H3. The molecule has 1 N–H and O–H groups in total. The molecule has 0 aliphatic heterocycles. The smallest absolute Gasteiger partial charge is 0.146 e. The van der Waals surface area contributed by atoms with E-state index in [-0.39, 0.29) is 5.82 Å². The van der Waals surface area contributed by atoms with Gasteiger partial charge >= 0.3 is 0 Å². The zero-order valence-electron chi connectivity index (χ0n) is 10.7. The van der Waals surface area contributed by atoms with Gasteiger partial charge in [-0.1, -0.05) is 0 Å². The molecule has 0 saturated heterocycles. The topological polar surface area (TPSA) is 39.1 Å². The van der Waals surface area contributed by atoms with E-state index in [0.717, 1.165) is 11.3 Å². The van der Waals surface area contributed by atoms with Crippen LogP contribution in [0, 0.1) is 12.7 Å². The minimum Gasteiger partial charge on any atom is -0.497 e. The van der Waals surface area contributed by atoms with E-state index in [9.17, 15) is 4.39 Å². The normalized spacial score (nSPS) is 10.4. The summed E-state index contributed by atoms with van der Waals surface area (Å²) < 4.78 is 20.4. The number of aryl methyl sites for hydroxylation is 1. The molecule has 2 aromatic rings. The van der Waals surface area contributed by atoms with Crippen LogP contribution in [0.1, 0.15) is 11.3 Å². The summed E-state index contributed by atoms with van der Waals surface area (Å²) in [5, 5.41) is 7.19. The Kier molecular flexibility index (Phi) is 3.50. The van der Waals surface area contributed by atoms with E-state index in [1.54, 1.807) is 30.1 Å². The zero-order chi connectivity index (χ0) is 13.1. The predicted octanol–water partition coefficient (Wildman–Crippen LogP) is 2.49. The van der Waals surface area contributed by atoms with E-state index in [1.807, 2.05) is 14.0 Å². The largest absolute Gasteiger partial charge is 0.497 e. The molecule has 1 aromatic carbocycles. The second kappa shape index (κ2) is 5.08. The summed E-state index contributed by atoms with van der Waals surface area (Å²) >= 11 is 0. The first-order valence-corrected chi connectivity index (χ1v) is 5.66. The average molecular weight is 249 g/mol. The Bertz CT molecular complexity index is 551. The number of nitrogens with zero attached hydrogens (tertiary/aromatic N) is 2. The van der Waals surface area contributed by atoms with E-state index in [1.165, 1.54) is 6.07 Å². The highest BCUT2D eigenvalue weighted by atomic mass is 19.1. The minimum atomic E-state index is -0.294. The number of ether oxygens (including phenoxy) is 1. The lowest BCUT2D eigenvalue weighted by Crippen LogP contribution is -2.03. The molecule has 1 heterocycles. The first kappa shape index (κ1) is 12.4. The summed E-state index contributed by atoms with van der Waals surface area (Å²) in [6.45, 7) is 2.51. The second-order valence-electron chi connectivity index (χ2n) is 4.08. The highest BCUT2D eigenvalue weighted by Gasteiger charge is 2.06. The van der Waals surface area contributed by atoms with Crippen molar-refractivity contribution in [2.75, 3.05) is 12.4 Å². The molecule has 0 spiro atoms. The molecule has 0 saturated carbocycles. The van der Waals surface area contributed by atoms with Crippen molar-refractivity contribution >= 4 is 5.69 Å². The SMILES string of the molecule is COc1ccc(F)c(NCc2cnn(C)c2C)c1. The van der Waals surface area contributed by atoms with Gasteiger partial charge in [0.2, 0.25) is 0 Å². The minimum absolute atomic E-state index is 0.294. The molecular formula is C13H16FN3O. The van der Waals surface area contributed by atoms with Crippen LogP contribution in [0.5, 0.6) is 5.75 Å². The molecule has 1 aromatic heterocycles. The number of halogens is 1. The first-order valence-electron chi connectivity index (χ1n) is 5.66. The van der Waals surface area contributed by atoms with Crippen molar-refractivity contribution in [1.82, 2.24) is 9.78 Å². The molecule has 2 rings (SSSR count). The van der Waals surface area contributed by atoms with Crippen molar-refractivity contribution in [1.29, 1.82) is 0 Å². The van der Waals surface area contributed by atoms with E-state index in [2.05, 4.69) is 10.4 Å². The monoisotopic (exact) mass is 249 g/mol. The predicted molar refractivity (Wildman–Crippen MR) is 68.2 cm³/mol. The van der Waals surface area contributed by atoms with Crippen molar-refractivity contribution in [3.8, 4) is 5.75 Å². The number of rotatable bonds is 4. The van der Waals surface area contributed by atoms with Gasteiger partial charge in [0.15, 0.2) is 0 Å². The summed E-state index contributed by atoms with van der Waals surface area (Å²) in [4.78, 5) is 0. The lowest BCUT2D eigenvalue weighted by molar-refractivity contribution is 0.414. The Morgan fingerprint density at radius 3 is 2.83 bits per heavy atom. The number of anilines is 1. The number of benzene rings is 1. The Morgan fingerprint density at radius 2 is 2.22 bits per heavy atom. The molecule has 0 atom stereocenters. The third kappa shape index (κ3) is 2.45. The quantitative estimate of drug-likeness (QED) is 0.904. The van der Waals surface area contributed by atoms with Gasteiger partial charge in [0.1, 0.15) is 11.6 Å². The van der Waals surface area contributed by atoms with Crippen LogP contribution in [0.15, 0.2) is 24.4 Å². The lowest BCUT2D eigenvalue weighted by atomic mass is 10.2. The van der Waals surface area contributed by atoms with E-state index in [0.29, 0.717) is 18.0 Å². The van der Waals surface area contributed by atoms with Crippen LogP contribution in [-0.2, 0) is 13.6 Å². The average Bonchev–Trinajstić information content (AvgIpc) is 2.69. The molecule has 18 heavy (non-hydrogen) atoms. The fraction of sp³-hybridized carbons (Fsp3) is 0.308. The van der Waals surface area contributed by atoms with Gasteiger partial charge in [-0.3, -0.25) is 4.68 Å². The van der Waals surface area contributed by atoms with Crippen molar-refractivity contribution in [2.24, 2.45) is 7.05 Å². The third-order valence-corrected chi connectivity index (χ3v) is 2.98. The Hall–Kier alpha value is -2.04. The van der Waals surface area contributed by atoms with Gasteiger partial charge in [-0.2, -0.15) is 5.10 Å². The van der Waals surface area contributed by atoms with Gasteiger partial charge in [-0.25, -0.2) is 4.39 Å². The third-order valence-electron chi connectivity index (χ3n) is 2.98. The van der Waals surface area contributed by atoms with Crippen LogP contribution >= 0.6 is 0 Å². The van der Waals surface area contributed by atoms with Gasteiger partial charge in [0, 0.05) is 30.9 Å². The highest BCUT2D eigenvalue weighted by molar-refractivity contribution is 5.50. The molecule has 0 fully saturated rings. The fourth-order valence-corrected chi connectivity index (χ4v) is 1.67. The van der Waals surface area contributed by atoms with E-state index < -0.39 is 0 Å². The molecule has 0 bridgehead atoms. The zero-order valence-corrected chi connectivity index (χ0v) is 10.7. The highest BCUT2D eigenvalue weighted by Crippen LogP contribution is 2.21. The van der Waals surface area contributed by atoms with Crippen LogP contribution < -0.4 is 10.1 Å². The Morgan fingerprint density at radius 1 is 1.44 bits per heavy atom. The van der Waals surface area contributed by atoms with Crippen LogP contribution in [0.4, 0.5) is 10.1 Å². The second-order valence-corrected chi connectivity index (χ2v) is 4.08. The summed E-state index contributed by atoms with van der Waals surface area (Å²) in [7, 11) is 3.44. The maximum Gasteiger partial charge on any atom is 0.146 e. The maximum absolute atomic E-state index is 13.6. The van der Waals surface area contributed by atoms with Crippen molar-refractivity contribution < 1.29 is 9.13 Å². The summed E-state index contributed by atoms with van der Waals surface area (Å²) in [5.41, 5.74) is 2.53. The fourth-order valence-electron chi connectivity index (χ4n) is 1.67. The Balaban J connectivity index is 2.12. The molecule has 4 nitrogen and oxygen atoms in total. The Labute approximate surface area is 105 Å². The molecular weight excluding hydrogens is 233 g/mol. The van der Waals surface area contributed by atoms with E-state index >= 15 is 0 Å². The van der Waals surface area contributed by atoms with Crippen molar-refractivity contribution in [3.63, 3.8) is 0 Å². The lowest BCUT2D eigenvalue weighted by Gasteiger charge is -2.09. The van der Waals surface area contributed by atoms with Gasteiger partial charge in [-0.05, 0) is 19.1 Å². The molecule has 0 radical (unpaired) electrons. The van der Waals surface area contributed by atoms with E-state index in [4.69, 9.17) is 4.74 Å². The van der Waals surface area contributed by atoms with Gasteiger partial charge in [-0.15, -0.1) is 0 Å². The molecule has 0 aliphatic carbocycles. The van der Waals surface area contributed by atoms with Crippen LogP contribution in [0.3, 0.4) is 0 Å². The molecule has 96 valence electrons. The summed E-state index contributed by atoms with van der Waals surface area (Å²) in [6.07, 6.45) is 1.78. The number of aromatic nitrogens is 2. The van der Waals surface area contributed by atoms with Gasteiger partial charge in [0.05, 0.1) is 19.0 Å². The molecule has 0 aliphatic rings. The first-order chi connectivity index (χ1) is 8.61. The number of hydrogen-bond donors (Lipinski definition) is 1. The van der Waals surface area contributed by atoms with Gasteiger partial charge in [0.25, 0.3) is 0 Å². The number of hydrogen-bond acceptors (Lipinski definition) is 3. The molecule has 0 amide bonds. The number of nitrogens with one attached hydrogen (secondary N) is 1. The van der Waals surface area contributed by atoms with Crippen molar-refractivity contribution in [2.45, 2.75) is 13.5 Å². The van der Waals surface area contributed by atoms with Crippen molar-refractivity contribution in [3.05, 3.63) is 41.5 Å². The van der Waals surface area contributed by atoms with Crippen LogP contribution in [-0.4, -0.2) is 16.9 Å². The van der Waals surface area contributed by atoms with Gasteiger partial charge < -0.3 is 10.1 Å². The number of methoxy groups -OCH3 is 1. The summed E-state index contributed by atoms with van der Waals surface area (Å²) in [5.74, 6) is 0.333. The van der Waals surface area contributed by atoms with Crippen LogP contribution in [0.25, 0.3) is 0 Å². The maximum atomic E-state index is 13.6. The summed E-state index contributed by atoms with van der Waals surface area (Å²) in [6, 6.07) is 4.62. The van der Waals surface area contributed by atoms with Crippen LogP contribution in [0.2, 0.25) is 0 Å². The molecule has 0 unspecified atom stereocenters.